The lowest BCUT2D eigenvalue weighted by Gasteiger charge is -2.08. The van der Waals surface area contributed by atoms with Crippen LogP contribution in [-0.4, -0.2) is 14.7 Å². The molecule has 6 heteroatoms. The van der Waals surface area contributed by atoms with Crippen molar-refractivity contribution in [3.8, 4) is 11.1 Å². The Balaban J connectivity index is 2.67. The van der Waals surface area contributed by atoms with E-state index in [0.29, 0.717) is 15.9 Å². The molecule has 0 amide bonds. The van der Waals surface area contributed by atoms with E-state index in [4.69, 9.17) is 23.2 Å². The third-order valence-electron chi connectivity index (χ3n) is 2.81. The molecule has 0 atom stereocenters. The monoisotopic (exact) mass is 331 g/mol. The summed E-state index contributed by atoms with van der Waals surface area (Å²) in [5.41, 5.74) is 2.63. The second kappa shape index (κ2) is 6.20. The van der Waals surface area contributed by atoms with E-state index in [1.54, 1.807) is 0 Å². The number of carbonyl (C=O) groups is 1. The summed E-state index contributed by atoms with van der Waals surface area (Å²) >= 11 is 12.4. The van der Waals surface area contributed by atoms with E-state index in [1.807, 2.05) is 31.2 Å². The minimum atomic E-state index is -0.817. The van der Waals surface area contributed by atoms with Crippen molar-refractivity contribution in [3.05, 3.63) is 41.6 Å². The number of carbonyl (C=O) groups excluding carboxylic acids is 1. The standard InChI is InChI=1S/C14H12Cl2FNOS/c1-8-4-3-5-10(6-8)12-11(9(2)19)7-18(17)13(12)20-14(15)16/h3-7,14H,1-2H3. The molecule has 0 saturated carbocycles. The van der Waals surface area contributed by atoms with Crippen LogP contribution in [0.25, 0.3) is 11.1 Å². The maximum atomic E-state index is 14.0. The van der Waals surface area contributed by atoms with Gasteiger partial charge in [0.2, 0.25) is 0 Å². The van der Waals surface area contributed by atoms with Gasteiger partial charge in [0, 0.05) is 11.1 Å². The minimum absolute atomic E-state index is 0.208. The van der Waals surface area contributed by atoms with Crippen molar-refractivity contribution in [2.45, 2.75) is 23.0 Å². The summed E-state index contributed by atoms with van der Waals surface area (Å²) in [5.74, 6) is -0.208. The molecule has 2 nitrogen and oxygen atoms in total. The molecule has 0 aliphatic heterocycles. The van der Waals surface area contributed by atoms with Crippen molar-refractivity contribution in [3.63, 3.8) is 0 Å². The van der Waals surface area contributed by atoms with E-state index in [2.05, 4.69) is 0 Å². The molecule has 0 aliphatic rings. The molecule has 0 fully saturated rings. The second-order valence-electron chi connectivity index (χ2n) is 4.34. The number of alkyl halides is 2. The highest BCUT2D eigenvalue weighted by molar-refractivity contribution is 8.02. The topological polar surface area (TPSA) is 22.0 Å². The van der Waals surface area contributed by atoms with Gasteiger partial charge in [-0.1, -0.05) is 69.3 Å². The average molecular weight is 332 g/mol. The predicted molar refractivity (Wildman–Crippen MR) is 82.5 cm³/mol. The Kier molecular flexibility index (Phi) is 4.78. The van der Waals surface area contributed by atoms with E-state index in [0.717, 1.165) is 22.9 Å². The number of aryl methyl sites for hydroxylation is 1. The normalized spacial score (nSPS) is 11.1. The van der Waals surface area contributed by atoms with Gasteiger partial charge in [0.1, 0.15) is 5.03 Å². The lowest BCUT2D eigenvalue weighted by molar-refractivity contribution is 0.101. The summed E-state index contributed by atoms with van der Waals surface area (Å²) in [6.45, 7) is 3.34. The third-order valence-corrected chi connectivity index (χ3v) is 4.12. The summed E-state index contributed by atoms with van der Waals surface area (Å²) in [4.78, 5) is 12.1. The Hall–Kier alpha value is -0.970. The summed E-state index contributed by atoms with van der Waals surface area (Å²) in [6, 6.07) is 7.51. The Labute approximate surface area is 130 Å². The number of thioether (sulfide) groups is 1. The number of nitrogens with zero attached hydrogens (tertiary/aromatic N) is 1. The van der Waals surface area contributed by atoms with Crippen LogP contribution >= 0.6 is 35.0 Å². The number of rotatable bonds is 4. The Morgan fingerprint density at radius 1 is 1.40 bits per heavy atom. The number of hydrogen-bond acceptors (Lipinski definition) is 2. The number of halogens is 3. The zero-order valence-corrected chi connectivity index (χ0v) is 13.2. The molecule has 2 aromatic rings. The number of Topliss-reactive ketones (excluding diaryl/α,β-unsaturated/α-hetero) is 1. The average Bonchev–Trinajstić information content (AvgIpc) is 2.66. The summed E-state index contributed by atoms with van der Waals surface area (Å²) in [5, 5.41) is 0.232. The molecule has 0 radical (unpaired) electrons. The minimum Gasteiger partial charge on any atom is -0.294 e. The van der Waals surface area contributed by atoms with E-state index in [-0.39, 0.29) is 10.8 Å². The lowest BCUT2D eigenvalue weighted by Crippen LogP contribution is -1.93. The molecule has 1 aromatic carbocycles. The molecule has 0 spiro atoms. The molecule has 0 unspecified atom stereocenters. The first kappa shape index (κ1) is 15.4. The summed E-state index contributed by atoms with van der Waals surface area (Å²) in [7, 11) is 0. The first-order valence-corrected chi connectivity index (χ1v) is 7.59. The fraction of sp³-hybridized carbons (Fsp3) is 0.214. The smallest absolute Gasteiger partial charge is 0.162 e. The number of ketones is 1. The first-order chi connectivity index (χ1) is 9.40. The van der Waals surface area contributed by atoms with Gasteiger partial charge >= 0.3 is 0 Å². The lowest BCUT2D eigenvalue weighted by atomic mass is 10.0. The van der Waals surface area contributed by atoms with Gasteiger partial charge in [0.25, 0.3) is 0 Å². The van der Waals surface area contributed by atoms with Crippen molar-refractivity contribution >= 4 is 40.7 Å². The second-order valence-corrected chi connectivity index (χ2v) is 7.05. The Morgan fingerprint density at radius 3 is 2.65 bits per heavy atom. The van der Waals surface area contributed by atoms with Crippen molar-refractivity contribution in [2.24, 2.45) is 0 Å². The fourth-order valence-corrected chi connectivity index (χ4v) is 3.17. The van der Waals surface area contributed by atoms with Gasteiger partial charge in [-0.25, -0.2) is 0 Å². The van der Waals surface area contributed by atoms with Crippen LogP contribution in [0.3, 0.4) is 0 Å². The van der Waals surface area contributed by atoms with Crippen LogP contribution in [0.2, 0.25) is 0 Å². The molecule has 0 N–H and O–H groups in total. The predicted octanol–water partition coefficient (Wildman–Crippen LogP) is 5.25. The maximum Gasteiger partial charge on any atom is 0.162 e. The van der Waals surface area contributed by atoms with Gasteiger partial charge in [-0.15, -0.1) is 0 Å². The molecule has 0 bridgehead atoms. The molecular formula is C14H12Cl2FNOS. The quantitative estimate of drug-likeness (QED) is 0.433. The van der Waals surface area contributed by atoms with Crippen LogP contribution in [-0.2, 0) is 0 Å². The van der Waals surface area contributed by atoms with Crippen LogP contribution in [0.4, 0.5) is 4.48 Å². The van der Waals surface area contributed by atoms with Crippen LogP contribution in [0.1, 0.15) is 22.8 Å². The highest BCUT2D eigenvalue weighted by Crippen LogP contribution is 2.40. The summed E-state index contributed by atoms with van der Waals surface area (Å²) in [6.07, 6.45) is 1.17. The molecule has 0 aliphatic carbocycles. The van der Waals surface area contributed by atoms with Gasteiger partial charge in [-0.3, -0.25) is 4.79 Å². The molecule has 1 aromatic heterocycles. The highest BCUT2D eigenvalue weighted by atomic mass is 35.5. The van der Waals surface area contributed by atoms with Crippen LogP contribution < -0.4 is 0 Å². The van der Waals surface area contributed by atoms with Crippen molar-refractivity contribution in [2.75, 3.05) is 0 Å². The number of hydrogen-bond donors (Lipinski definition) is 0. The van der Waals surface area contributed by atoms with E-state index in [1.165, 1.54) is 13.1 Å². The largest absolute Gasteiger partial charge is 0.294 e. The van der Waals surface area contributed by atoms with E-state index >= 15 is 0 Å². The van der Waals surface area contributed by atoms with Gasteiger partial charge in [-0.05, 0) is 19.4 Å². The van der Waals surface area contributed by atoms with E-state index in [9.17, 15) is 9.28 Å². The molecule has 2 rings (SSSR count). The van der Waals surface area contributed by atoms with E-state index < -0.39 is 4.17 Å². The van der Waals surface area contributed by atoms with Crippen LogP contribution in [0.5, 0.6) is 0 Å². The van der Waals surface area contributed by atoms with Gasteiger partial charge in [0.15, 0.2) is 9.95 Å². The van der Waals surface area contributed by atoms with Crippen LogP contribution in [0.15, 0.2) is 35.5 Å². The highest BCUT2D eigenvalue weighted by Gasteiger charge is 2.22. The fourth-order valence-electron chi connectivity index (χ4n) is 2.00. The maximum absolute atomic E-state index is 14.0. The first-order valence-electron chi connectivity index (χ1n) is 5.84. The van der Waals surface area contributed by atoms with Crippen LogP contribution in [0, 0.1) is 6.92 Å². The molecular weight excluding hydrogens is 320 g/mol. The van der Waals surface area contributed by atoms with Crippen molar-refractivity contribution < 1.29 is 9.28 Å². The van der Waals surface area contributed by atoms with Gasteiger partial charge in [0.05, 0.1) is 6.20 Å². The Bertz CT molecular complexity index is 655. The zero-order chi connectivity index (χ0) is 14.9. The van der Waals surface area contributed by atoms with Crippen molar-refractivity contribution in [1.82, 2.24) is 4.79 Å². The molecule has 20 heavy (non-hydrogen) atoms. The molecule has 0 saturated heterocycles. The van der Waals surface area contributed by atoms with Gasteiger partial charge in [-0.2, -0.15) is 4.79 Å². The molecule has 1 heterocycles. The SMILES string of the molecule is CC(=O)c1cn(F)c(SC(Cl)Cl)c1-c1cccc(C)c1. The number of benzene rings is 1. The summed E-state index contributed by atoms with van der Waals surface area (Å²) < 4.78 is 13.2. The van der Waals surface area contributed by atoms with Gasteiger partial charge < -0.3 is 0 Å². The zero-order valence-electron chi connectivity index (χ0n) is 10.9. The molecule has 106 valence electrons. The Morgan fingerprint density at radius 2 is 2.10 bits per heavy atom. The van der Waals surface area contributed by atoms with Crippen molar-refractivity contribution in [1.29, 1.82) is 0 Å². The third kappa shape index (κ3) is 3.19. The number of aromatic nitrogens is 1.